The topological polar surface area (TPSA) is 47.0 Å². The van der Waals surface area contributed by atoms with Crippen molar-refractivity contribution >= 4 is 33.8 Å². The Morgan fingerprint density at radius 1 is 1.59 bits per heavy atom. The van der Waals surface area contributed by atoms with Crippen LogP contribution in [-0.4, -0.2) is 22.8 Å². The Balaban J connectivity index is 2.27. The lowest BCUT2D eigenvalue weighted by molar-refractivity contribution is 0.141. The number of rotatable bonds is 5. The second-order valence-electron chi connectivity index (χ2n) is 3.60. The molecule has 17 heavy (non-hydrogen) atoms. The number of aromatic amines is 1. The quantitative estimate of drug-likeness (QED) is 0.671. The fraction of sp³-hybridized carbons (Fsp3) is 0.455. The zero-order valence-corrected chi connectivity index (χ0v) is 11.2. The molecule has 0 atom stereocenters. The fourth-order valence-electron chi connectivity index (χ4n) is 1.64. The average Bonchev–Trinajstić information content (AvgIpc) is 2.76. The number of nitrogens with zero attached hydrogens (tertiary/aromatic N) is 1. The summed E-state index contributed by atoms with van der Waals surface area (Å²) >= 11 is 6.62. The van der Waals surface area contributed by atoms with Gasteiger partial charge in [0.25, 0.3) is 5.56 Å². The van der Waals surface area contributed by atoms with Crippen molar-refractivity contribution in [3.63, 3.8) is 0 Å². The standard InChI is InChI=1S/C11H14N2O2S2/c1-2-15-6-3-5-13-10(14)9-8(4-7-17-9)12-11(13)16/h4,7H,2-3,5-6H2,1H3,(H,12,16). The first-order valence-corrected chi connectivity index (χ1v) is 6.81. The van der Waals surface area contributed by atoms with Crippen LogP contribution >= 0.6 is 23.6 Å². The molecule has 0 aliphatic heterocycles. The molecular weight excluding hydrogens is 256 g/mol. The van der Waals surface area contributed by atoms with Gasteiger partial charge in [-0.1, -0.05) is 0 Å². The summed E-state index contributed by atoms with van der Waals surface area (Å²) in [6.07, 6.45) is 0.794. The van der Waals surface area contributed by atoms with Gasteiger partial charge < -0.3 is 9.72 Å². The summed E-state index contributed by atoms with van der Waals surface area (Å²) in [5.74, 6) is 0. The van der Waals surface area contributed by atoms with E-state index in [1.165, 1.54) is 11.3 Å². The van der Waals surface area contributed by atoms with E-state index in [9.17, 15) is 4.79 Å². The molecule has 0 aliphatic rings. The molecule has 2 aromatic heterocycles. The fourth-order valence-corrected chi connectivity index (χ4v) is 2.72. The van der Waals surface area contributed by atoms with Gasteiger partial charge in [0.05, 0.1) is 5.52 Å². The predicted octanol–water partition coefficient (Wildman–Crippen LogP) is 2.55. The number of nitrogens with one attached hydrogen (secondary N) is 1. The first-order valence-electron chi connectivity index (χ1n) is 5.52. The van der Waals surface area contributed by atoms with Gasteiger partial charge in [-0.05, 0) is 37.0 Å². The van der Waals surface area contributed by atoms with Gasteiger partial charge in [0.1, 0.15) is 4.70 Å². The Bertz CT molecular complexity index is 612. The number of hydrogen-bond acceptors (Lipinski definition) is 4. The minimum Gasteiger partial charge on any atom is -0.382 e. The van der Waals surface area contributed by atoms with Crippen LogP contribution in [0.15, 0.2) is 16.2 Å². The Kier molecular flexibility index (Phi) is 4.09. The molecule has 2 heterocycles. The Morgan fingerprint density at radius 3 is 3.18 bits per heavy atom. The van der Waals surface area contributed by atoms with Gasteiger partial charge in [-0.25, -0.2) is 0 Å². The lowest BCUT2D eigenvalue weighted by atomic mass is 10.4. The molecule has 0 amide bonds. The number of fused-ring (bicyclic) bond motifs is 1. The third kappa shape index (κ3) is 2.65. The van der Waals surface area contributed by atoms with Crippen molar-refractivity contribution in [1.82, 2.24) is 9.55 Å². The van der Waals surface area contributed by atoms with Gasteiger partial charge in [-0.15, -0.1) is 11.3 Å². The summed E-state index contributed by atoms with van der Waals surface area (Å²) in [5, 5.41) is 1.89. The van der Waals surface area contributed by atoms with Crippen molar-refractivity contribution in [3.05, 3.63) is 26.6 Å². The maximum absolute atomic E-state index is 12.1. The molecule has 2 aromatic rings. The van der Waals surface area contributed by atoms with Gasteiger partial charge in [-0.2, -0.15) is 0 Å². The van der Waals surface area contributed by atoms with E-state index in [-0.39, 0.29) is 5.56 Å². The van der Waals surface area contributed by atoms with E-state index >= 15 is 0 Å². The Morgan fingerprint density at radius 2 is 2.41 bits per heavy atom. The third-order valence-electron chi connectivity index (χ3n) is 2.47. The smallest absolute Gasteiger partial charge is 0.272 e. The van der Waals surface area contributed by atoms with E-state index in [1.54, 1.807) is 4.57 Å². The van der Waals surface area contributed by atoms with Crippen LogP contribution in [0.25, 0.3) is 10.2 Å². The van der Waals surface area contributed by atoms with Crippen molar-refractivity contribution in [2.75, 3.05) is 13.2 Å². The zero-order valence-electron chi connectivity index (χ0n) is 9.56. The molecule has 2 rings (SSSR count). The number of thiophene rings is 1. The number of H-pyrrole nitrogens is 1. The van der Waals surface area contributed by atoms with E-state index in [0.717, 1.165) is 16.6 Å². The molecule has 0 aromatic carbocycles. The molecule has 6 heteroatoms. The molecule has 0 aliphatic carbocycles. The summed E-state index contributed by atoms with van der Waals surface area (Å²) in [7, 11) is 0. The highest BCUT2D eigenvalue weighted by molar-refractivity contribution is 7.71. The molecule has 1 N–H and O–H groups in total. The van der Waals surface area contributed by atoms with Crippen molar-refractivity contribution in [1.29, 1.82) is 0 Å². The van der Waals surface area contributed by atoms with Crippen molar-refractivity contribution < 1.29 is 4.74 Å². The van der Waals surface area contributed by atoms with Crippen LogP contribution in [0.4, 0.5) is 0 Å². The second kappa shape index (κ2) is 5.57. The molecule has 0 spiro atoms. The Hall–Kier alpha value is -0.980. The maximum Gasteiger partial charge on any atom is 0.272 e. The largest absolute Gasteiger partial charge is 0.382 e. The molecular formula is C11H14N2O2S2. The monoisotopic (exact) mass is 270 g/mol. The lowest BCUT2D eigenvalue weighted by Crippen LogP contribution is -2.22. The van der Waals surface area contributed by atoms with Crippen molar-refractivity contribution in [3.8, 4) is 0 Å². The summed E-state index contributed by atoms with van der Waals surface area (Å²) < 4.78 is 8.07. The summed E-state index contributed by atoms with van der Waals surface area (Å²) in [6.45, 7) is 3.91. The number of hydrogen-bond donors (Lipinski definition) is 1. The van der Waals surface area contributed by atoms with Crippen LogP contribution in [0.2, 0.25) is 0 Å². The van der Waals surface area contributed by atoms with E-state index in [0.29, 0.717) is 24.5 Å². The molecule has 4 nitrogen and oxygen atoms in total. The highest BCUT2D eigenvalue weighted by atomic mass is 32.1. The van der Waals surface area contributed by atoms with E-state index in [1.807, 2.05) is 18.4 Å². The minimum absolute atomic E-state index is 0.00440. The SMILES string of the molecule is CCOCCCn1c(=S)[nH]c2ccsc2c1=O. The molecule has 0 saturated heterocycles. The Labute approximate surface area is 108 Å². The van der Waals surface area contributed by atoms with Gasteiger partial charge in [-0.3, -0.25) is 9.36 Å². The summed E-state index contributed by atoms with van der Waals surface area (Å²) in [5.41, 5.74) is 0.821. The van der Waals surface area contributed by atoms with E-state index in [2.05, 4.69) is 4.98 Å². The first-order chi connectivity index (χ1) is 8.24. The van der Waals surface area contributed by atoms with Gasteiger partial charge in [0.15, 0.2) is 4.77 Å². The van der Waals surface area contributed by atoms with Gasteiger partial charge >= 0.3 is 0 Å². The van der Waals surface area contributed by atoms with Crippen LogP contribution < -0.4 is 5.56 Å². The second-order valence-corrected chi connectivity index (χ2v) is 4.90. The number of aromatic nitrogens is 2. The highest BCUT2D eigenvalue weighted by Crippen LogP contribution is 2.13. The summed E-state index contributed by atoms with van der Waals surface area (Å²) in [6, 6.07) is 1.88. The first kappa shape index (κ1) is 12.5. The molecule has 92 valence electrons. The third-order valence-corrected chi connectivity index (χ3v) is 3.69. The molecule has 0 saturated carbocycles. The molecule has 0 bridgehead atoms. The average molecular weight is 270 g/mol. The number of ether oxygens (including phenoxy) is 1. The maximum atomic E-state index is 12.1. The van der Waals surface area contributed by atoms with E-state index in [4.69, 9.17) is 17.0 Å². The minimum atomic E-state index is -0.00440. The van der Waals surface area contributed by atoms with Crippen LogP contribution in [0.1, 0.15) is 13.3 Å². The van der Waals surface area contributed by atoms with Crippen LogP contribution in [0, 0.1) is 4.77 Å². The normalized spacial score (nSPS) is 11.1. The lowest BCUT2D eigenvalue weighted by Gasteiger charge is -2.06. The predicted molar refractivity (Wildman–Crippen MR) is 72.4 cm³/mol. The summed E-state index contributed by atoms with van der Waals surface area (Å²) in [4.78, 5) is 15.2. The molecule has 0 radical (unpaired) electrons. The molecule has 0 fully saturated rings. The van der Waals surface area contributed by atoms with Crippen molar-refractivity contribution in [2.24, 2.45) is 0 Å². The van der Waals surface area contributed by atoms with Crippen molar-refractivity contribution in [2.45, 2.75) is 19.9 Å². The van der Waals surface area contributed by atoms with Crippen LogP contribution in [0.3, 0.4) is 0 Å². The highest BCUT2D eigenvalue weighted by Gasteiger charge is 2.06. The van der Waals surface area contributed by atoms with Gasteiger partial charge in [0.2, 0.25) is 0 Å². The van der Waals surface area contributed by atoms with Crippen LogP contribution in [0.5, 0.6) is 0 Å². The zero-order chi connectivity index (χ0) is 12.3. The molecule has 0 unspecified atom stereocenters. The van der Waals surface area contributed by atoms with Crippen LogP contribution in [-0.2, 0) is 11.3 Å². The van der Waals surface area contributed by atoms with E-state index < -0.39 is 0 Å². The van der Waals surface area contributed by atoms with Gasteiger partial charge in [0, 0.05) is 19.8 Å².